The van der Waals surface area contributed by atoms with E-state index in [1.807, 2.05) is 24.3 Å². The van der Waals surface area contributed by atoms with Gasteiger partial charge in [-0.05, 0) is 29.8 Å². The lowest BCUT2D eigenvalue weighted by Crippen LogP contribution is -2.41. The van der Waals surface area contributed by atoms with Crippen molar-refractivity contribution >= 4 is 17.2 Å². The van der Waals surface area contributed by atoms with Gasteiger partial charge >= 0.3 is 0 Å². The van der Waals surface area contributed by atoms with Gasteiger partial charge in [0.2, 0.25) is 0 Å². The number of nitrogens with zero attached hydrogens (tertiary/aromatic N) is 2. The summed E-state index contributed by atoms with van der Waals surface area (Å²) in [4.78, 5) is 20.3. The molecule has 1 saturated heterocycles. The lowest BCUT2D eigenvalue weighted by atomic mass is 10.2. The molecule has 0 spiro atoms. The van der Waals surface area contributed by atoms with Crippen LogP contribution in [-0.4, -0.2) is 55.2 Å². The number of hydrogen-bond donors (Lipinski definition) is 1. The number of hydrogen-bond acceptors (Lipinski definition) is 5. The van der Waals surface area contributed by atoms with Gasteiger partial charge in [-0.15, -0.1) is 11.3 Å². The third-order valence-corrected chi connectivity index (χ3v) is 4.75. The Hall–Kier alpha value is -1.76. The molecular weight excluding hydrogens is 298 g/mol. The van der Waals surface area contributed by atoms with E-state index in [2.05, 4.69) is 15.2 Å². The van der Waals surface area contributed by atoms with Crippen LogP contribution in [0, 0.1) is 0 Å². The molecule has 1 fully saturated rings. The molecule has 0 radical (unpaired) electrons. The fraction of sp³-hybridized carbons (Fsp3) is 0.375. The lowest BCUT2D eigenvalue weighted by molar-refractivity contribution is 0.0383. The van der Waals surface area contributed by atoms with Crippen LogP contribution < -0.4 is 5.32 Å². The average molecular weight is 317 g/mol. The molecule has 0 saturated carbocycles. The summed E-state index contributed by atoms with van der Waals surface area (Å²) in [6, 6.07) is 7.76. The monoisotopic (exact) mass is 317 g/mol. The number of carbonyl (C=O) groups is 1. The molecule has 5 nitrogen and oxygen atoms in total. The van der Waals surface area contributed by atoms with Crippen LogP contribution in [0.15, 0.2) is 36.7 Å². The van der Waals surface area contributed by atoms with Crippen LogP contribution in [0.4, 0.5) is 0 Å². The molecule has 1 aliphatic rings. The first-order valence-corrected chi connectivity index (χ1v) is 8.23. The van der Waals surface area contributed by atoms with Crippen molar-refractivity contribution in [2.24, 2.45) is 0 Å². The summed E-state index contributed by atoms with van der Waals surface area (Å²) >= 11 is 1.51. The molecule has 6 heteroatoms. The van der Waals surface area contributed by atoms with Gasteiger partial charge in [0.25, 0.3) is 5.91 Å². The Labute approximate surface area is 133 Å². The molecule has 1 amide bonds. The van der Waals surface area contributed by atoms with Gasteiger partial charge in [0.15, 0.2) is 0 Å². The summed E-state index contributed by atoms with van der Waals surface area (Å²) in [7, 11) is 0. The number of thiophene rings is 1. The van der Waals surface area contributed by atoms with Crippen LogP contribution in [0.5, 0.6) is 0 Å². The first-order chi connectivity index (χ1) is 10.8. The zero-order chi connectivity index (χ0) is 15.2. The van der Waals surface area contributed by atoms with Crippen molar-refractivity contribution in [1.29, 1.82) is 0 Å². The summed E-state index contributed by atoms with van der Waals surface area (Å²) < 4.78 is 5.31. The van der Waals surface area contributed by atoms with E-state index in [0.717, 1.165) is 48.2 Å². The van der Waals surface area contributed by atoms with Crippen molar-refractivity contribution in [2.75, 3.05) is 39.4 Å². The molecule has 3 heterocycles. The number of nitrogens with one attached hydrogen (secondary N) is 1. The fourth-order valence-corrected chi connectivity index (χ4v) is 3.30. The minimum Gasteiger partial charge on any atom is -0.379 e. The summed E-state index contributed by atoms with van der Waals surface area (Å²) in [6.07, 6.45) is 3.52. The molecule has 1 N–H and O–H groups in total. The van der Waals surface area contributed by atoms with Gasteiger partial charge in [0.05, 0.1) is 18.1 Å². The van der Waals surface area contributed by atoms with E-state index in [-0.39, 0.29) is 5.91 Å². The molecule has 2 aromatic heterocycles. The highest BCUT2D eigenvalue weighted by molar-refractivity contribution is 7.17. The van der Waals surface area contributed by atoms with Gasteiger partial charge in [0.1, 0.15) is 0 Å². The van der Waals surface area contributed by atoms with Gasteiger partial charge in [-0.2, -0.15) is 0 Å². The van der Waals surface area contributed by atoms with Crippen LogP contribution in [0.1, 0.15) is 9.67 Å². The standard InChI is InChI=1S/C16H19N3O2S/c20-16(18-7-8-19-9-11-21-12-10-19)15-2-1-14(22-15)13-3-5-17-6-4-13/h1-6H,7-12H2,(H,18,20). The SMILES string of the molecule is O=C(NCCN1CCOCC1)c1ccc(-c2ccncc2)s1. The number of ether oxygens (including phenoxy) is 1. The van der Waals surface area contributed by atoms with Crippen molar-refractivity contribution in [3.05, 3.63) is 41.5 Å². The normalized spacial score (nSPS) is 15.6. The van der Waals surface area contributed by atoms with Crippen LogP contribution in [0.3, 0.4) is 0 Å². The highest BCUT2D eigenvalue weighted by Crippen LogP contribution is 2.27. The summed E-state index contributed by atoms with van der Waals surface area (Å²) in [5.74, 6) is -0.00133. The second kappa shape index (κ2) is 7.49. The second-order valence-electron chi connectivity index (χ2n) is 5.11. The highest BCUT2D eigenvalue weighted by Gasteiger charge is 2.12. The Bertz CT molecular complexity index is 609. The minimum absolute atomic E-state index is 0.00133. The van der Waals surface area contributed by atoms with E-state index in [0.29, 0.717) is 6.54 Å². The van der Waals surface area contributed by atoms with Gasteiger partial charge < -0.3 is 10.1 Å². The predicted octanol–water partition coefficient (Wildman–Crippen LogP) is 1.87. The van der Waals surface area contributed by atoms with Crippen molar-refractivity contribution in [3.63, 3.8) is 0 Å². The van der Waals surface area contributed by atoms with E-state index in [4.69, 9.17) is 4.74 Å². The predicted molar refractivity (Wildman–Crippen MR) is 87.1 cm³/mol. The van der Waals surface area contributed by atoms with Crippen LogP contribution in [0.2, 0.25) is 0 Å². The topological polar surface area (TPSA) is 54.5 Å². The maximum Gasteiger partial charge on any atom is 0.261 e. The van der Waals surface area contributed by atoms with Gasteiger partial charge in [-0.1, -0.05) is 0 Å². The second-order valence-corrected chi connectivity index (χ2v) is 6.19. The number of carbonyl (C=O) groups excluding carboxylic acids is 1. The molecule has 0 bridgehead atoms. The molecule has 22 heavy (non-hydrogen) atoms. The number of amides is 1. The Balaban J connectivity index is 1.51. The first kappa shape index (κ1) is 15.1. The highest BCUT2D eigenvalue weighted by atomic mass is 32.1. The number of rotatable bonds is 5. The molecule has 2 aromatic rings. The quantitative estimate of drug-likeness (QED) is 0.915. The van der Waals surface area contributed by atoms with E-state index in [1.54, 1.807) is 12.4 Å². The van der Waals surface area contributed by atoms with Gasteiger partial charge in [-0.25, -0.2) is 0 Å². The molecule has 3 rings (SSSR count). The van der Waals surface area contributed by atoms with Crippen LogP contribution >= 0.6 is 11.3 Å². The van der Waals surface area contributed by atoms with E-state index >= 15 is 0 Å². The van der Waals surface area contributed by atoms with Gasteiger partial charge in [0, 0.05) is 43.4 Å². The van der Waals surface area contributed by atoms with E-state index < -0.39 is 0 Å². The largest absolute Gasteiger partial charge is 0.379 e. The fourth-order valence-electron chi connectivity index (χ4n) is 2.37. The lowest BCUT2D eigenvalue weighted by Gasteiger charge is -2.26. The summed E-state index contributed by atoms with van der Waals surface area (Å²) in [5, 5.41) is 2.99. The van der Waals surface area contributed by atoms with E-state index in [9.17, 15) is 4.79 Å². The molecule has 0 aromatic carbocycles. The zero-order valence-corrected chi connectivity index (χ0v) is 13.1. The maximum absolute atomic E-state index is 12.2. The van der Waals surface area contributed by atoms with E-state index in [1.165, 1.54) is 11.3 Å². The average Bonchev–Trinajstić information content (AvgIpc) is 3.07. The zero-order valence-electron chi connectivity index (χ0n) is 12.3. The number of aromatic nitrogens is 1. The third kappa shape index (κ3) is 3.91. The van der Waals surface area contributed by atoms with Crippen molar-refractivity contribution in [3.8, 4) is 10.4 Å². The molecule has 0 aliphatic carbocycles. The number of pyridine rings is 1. The molecule has 116 valence electrons. The number of morpholine rings is 1. The Kier molecular flexibility index (Phi) is 5.15. The summed E-state index contributed by atoms with van der Waals surface area (Å²) in [6.45, 7) is 5.00. The van der Waals surface area contributed by atoms with Crippen molar-refractivity contribution < 1.29 is 9.53 Å². The van der Waals surface area contributed by atoms with Crippen LogP contribution in [0.25, 0.3) is 10.4 Å². The minimum atomic E-state index is -0.00133. The smallest absolute Gasteiger partial charge is 0.261 e. The Morgan fingerprint density at radius 3 is 2.77 bits per heavy atom. The Morgan fingerprint density at radius 2 is 2.00 bits per heavy atom. The molecule has 0 unspecified atom stereocenters. The maximum atomic E-state index is 12.2. The van der Waals surface area contributed by atoms with Crippen LogP contribution in [-0.2, 0) is 4.74 Å². The summed E-state index contributed by atoms with van der Waals surface area (Å²) in [5.41, 5.74) is 1.09. The molecule has 1 aliphatic heterocycles. The molecule has 0 atom stereocenters. The third-order valence-electron chi connectivity index (χ3n) is 3.61. The first-order valence-electron chi connectivity index (χ1n) is 7.41. The Morgan fingerprint density at radius 1 is 1.23 bits per heavy atom. The van der Waals surface area contributed by atoms with Gasteiger partial charge in [-0.3, -0.25) is 14.7 Å². The van der Waals surface area contributed by atoms with Crippen molar-refractivity contribution in [2.45, 2.75) is 0 Å². The molecular formula is C16H19N3O2S. The van der Waals surface area contributed by atoms with Crippen molar-refractivity contribution in [1.82, 2.24) is 15.2 Å².